The number of pyridine rings is 1. The zero-order valence-electron chi connectivity index (χ0n) is 17.7. The van der Waals surface area contributed by atoms with Crippen molar-refractivity contribution in [2.75, 3.05) is 5.32 Å². The molecular formula is C25H24N6O. The number of nitrogens with one attached hydrogen (secondary N) is 1. The van der Waals surface area contributed by atoms with Crippen LogP contribution < -0.4 is 11.1 Å². The molecule has 0 atom stereocenters. The molecule has 0 aliphatic heterocycles. The van der Waals surface area contributed by atoms with Crippen LogP contribution in [0, 0.1) is 5.92 Å². The van der Waals surface area contributed by atoms with E-state index >= 15 is 0 Å². The first-order valence-corrected chi connectivity index (χ1v) is 11.1. The number of benzene rings is 1. The van der Waals surface area contributed by atoms with E-state index in [1.165, 1.54) is 6.42 Å². The van der Waals surface area contributed by atoms with Crippen LogP contribution in [0.5, 0.6) is 0 Å². The van der Waals surface area contributed by atoms with Gasteiger partial charge in [0.15, 0.2) is 5.65 Å². The molecule has 3 aromatic heterocycles. The summed E-state index contributed by atoms with van der Waals surface area (Å²) >= 11 is 0. The third kappa shape index (κ3) is 3.26. The highest BCUT2D eigenvalue weighted by molar-refractivity contribution is 5.93. The molecule has 7 heteroatoms. The SMILES string of the molecule is NC1(c2ccc(-n3c(-c4ccccn4)cc4cnc(NC(=O)C5CC5)nc43)cc2)CCC1. The minimum Gasteiger partial charge on any atom is -0.321 e. The lowest BCUT2D eigenvalue weighted by Crippen LogP contribution is -2.43. The second-order valence-corrected chi connectivity index (χ2v) is 8.87. The van der Waals surface area contributed by atoms with E-state index in [0.29, 0.717) is 5.95 Å². The number of nitrogens with two attached hydrogens (primary N) is 1. The van der Waals surface area contributed by atoms with Gasteiger partial charge in [-0.05, 0) is 68.0 Å². The molecule has 3 N–H and O–H groups in total. The van der Waals surface area contributed by atoms with Crippen molar-refractivity contribution in [3.63, 3.8) is 0 Å². The van der Waals surface area contributed by atoms with E-state index in [1.807, 2.05) is 24.3 Å². The highest BCUT2D eigenvalue weighted by atomic mass is 16.2. The predicted molar refractivity (Wildman–Crippen MR) is 123 cm³/mol. The number of hydrogen-bond donors (Lipinski definition) is 2. The van der Waals surface area contributed by atoms with E-state index in [1.54, 1.807) is 12.4 Å². The van der Waals surface area contributed by atoms with Gasteiger partial charge in [-0.1, -0.05) is 18.2 Å². The molecule has 6 rings (SSSR count). The van der Waals surface area contributed by atoms with Gasteiger partial charge in [0.05, 0.1) is 11.4 Å². The quantitative estimate of drug-likeness (QED) is 0.501. The highest BCUT2D eigenvalue weighted by Gasteiger charge is 2.34. The van der Waals surface area contributed by atoms with Crippen LogP contribution in [-0.2, 0) is 10.3 Å². The van der Waals surface area contributed by atoms with Gasteiger partial charge in [-0.15, -0.1) is 0 Å². The summed E-state index contributed by atoms with van der Waals surface area (Å²) in [6.07, 6.45) is 8.63. The van der Waals surface area contributed by atoms with E-state index in [4.69, 9.17) is 10.7 Å². The first kappa shape index (κ1) is 19.1. The van der Waals surface area contributed by atoms with Crippen molar-refractivity contribution < 1.29 is 4.79 Å². The van der Waals surface area contributed by atoms with Gasteiger partial charge in [0.2, 0.25) is 11.9 Å². The molecule has 160 valence electrons. The number of carbonyl (C=O) groups is 1. The Balaban J connectivity index is 1.47. The number of aromatic nitrogens is 4. The van der Waals surface area contributed by atoms with Gasteiger partial charge in [-0.2, -0.15) is 4.98 Å². The molecule has 0 saturated heterocycles. The maximum atomic E-state index is 12.2. The van der Waals surface area contributed by atoms with E-state index < -0.39 is 0 Å². The summed E-state index contributed by atoms with van der Waals surface area (Å²) in [4.78, 5) is 25.9. The molecular weight excluding hydrogens is 400 g/mol. The van der Waals surface area contributed by atoms with Crippen molar-refractivity contribution in [1.29, 1.82) is 0 Å². The average Bonchev–Trinajstić information content (AvgIpc) is 3.59. The van der Waals surface area contributed by atoms with Crippen LogP contribution >= 0.6 is 0 Å². The Morgan fingerprint density at radius 3 is 2.56 bits per heavy atom. The minimum atomic E-state index is -0.205. The molecule has 32 heavy (non-hydrogen) atoms. The number of anilines is 1. The predicted octanol–water partition coefficient (Wildman–Crippen LogP) is 4.17. The molecule has 0 bridgehead atoms. The first-order chi connectivity index (χ1) is 15.6. The molecule has 2 aliphatic rings. The van der Waals surface area contributed by atoms with Crippen LogP contribution in [0.2, 0.25) is 0 Å². The Kier molecular flexibility index (Phi) is 4.33. The third-order valence-corrected chi connectivity index (χ3v) is 6.60. The Morgan fingerprint density at radius 2 is 1.91 bits per heavy atom. The molecule has 0 unspecified atom stereocenters. The summed E-state index contributed by atoms with van der Waals surface area (Å²) in [7, 11) is 0. The van der Waals surface area contributed by atoms with E-state index in [0.717, 1.165) is 59.4 Å². The molecule has 1 amide bonds. The Hall–Kier alpha value is -3.58. The highest BCUT2D eigenvalue weighted by Crippen LogP contribution is 2.39. The molecule has 2 fully saturated rings. The molecule has 1 aromatic carbocycles. The first-order valence-electron chi connectivity index (χ1n) is 11.1. The minimum absolute atomic E-state index is 0.00880. The van der Waals surface area contributed by atoms with Crippen molar-refractivity contribution in [3.8, 4) is 17.1 Å². The molecule has 0 spiro atoms. The number of carbonyl (C=O) groups excluding carboxylic acids is 1. The van der Waals surface area contributed by atoms with Gasteiger partial charge in [0.1, 0.15) is 0 Å². The Bertz CT molecular complexity index is 1300. The van der Waals surface area contributed by atoms with Crippen LogP contribution in [-0.4, -0.2) is 25.4 Å². The Labute approximate surface area is 185 Å². The number of fused-ring (bicyclic) bond motifs is 1. The number of nitrogens with zero attached hydrogens (tertiary/aromatic N) is 4. The summed E-state index contributed by atoms with van der Waals surface area (Å²) in [6, 6.07) is 16.3. The van der Waals surface area contributed by atoms with Gasteiger partial charge < -0.3 is 5.73 Å². The lowest BCUT2D eigenvalue weighted by atomic mass is 9.73. The zero-order chi connectivity index (χ0) is 21.7. The monoisotopic (exact) mass is 424 g/mol. The van der Waals surface area contributed by atoms with Gasteiger partial charge >= 0.3 is 0 Å². The summed E-state index contributed by atoms with van der Waals surface area (Å²) in [5.41, 5.74) is 10.9. The van der Waals surface area contributed by atoms with Crippen LogP contribution in [0.1, 0.15) is 37.7 Å². The van der Waals surface area contributed by atoms with Gasteiger partial charge in [-0.25, -0.2) is 4.98 Å². The summed E-state index contributed by atoms with van der Waals surface area (Å²) < 4.78 is 2.07. The number of amides is 1. The molecule has 2 saturated carbocycles. The smallest absolute Gasteiger partial charge is 0.231 e. The summed E-state index contributed by atoms with van der Waals surface area (Å²) in [5.74, 6) is 0.409. The topological polar surface area (TPSA) is 98.7 Å². The average molecular weight is 425 g/mol. The van der Waals surface area contributed by atoms with E-state index in [9.17, 15) is 4.79 Å². The Morgan fingerprint density at radius 1 is 1.09 bits per heavy atom. The van der Waals surface area contributed by atoms with Crippen LogP contribution in [0.4, 0.5) is 5.95 Å². The molecule has 3 heterocycles. The lowest BCUT2D eigenvalue weighted by molar-refractivity contribution is -0.117. The van der Waals surface area contributed by atoms with Gasteiger partial charge in [-0.3, -0.25) is 19.7 Å². The van der Waals surface area contributed by atoms with Crippen molar-refractivity contribution in [3.05, 3.63) is 66.5 Å². The fourth-order valence-corrected chi connectivity index (χ4v) is 4.36. The normalized spacial score (nSPS) is 17.2. The second kappa shape index (κ2) is 7.24. The zero-order valence-corrected chi connectivity index (χ0v) is 17.7. The number of hydrogen-bond acceptors (Lipinski definition) is 5. The maximum absolute atomic E-state index is 12.2. The fourth-order valence-electron chi connectivity index (χ4n) is 4.36. The standard InChI is InChI=1S/C25H24N6O/c26-25(11-3-12-25)18-7-9-19(10-8-18)31-21(20-4-1-2-13-27-20)14-17-15-28-24(29-22(17)31)30-23(32)16-5-6-16/h1-2,4,7-10,13-16H,3,5-6,11-12,26H2,(H,28,29,30,32). The largest absolute Gasteiger partial charge is 0.321 e. The fraction of sp³-hybridized carbons (Fsp3) is 0.280. The van der Waals surface area contributed by atoms with Crippen molar-refractivity contribution in [2.45, 2.75) is 37.6 Å². The van der Waals surface area contributed by atoms with Gasteiger partial charge in [0, 0.05) is 34.9 Å². The number of rotatable bonds is 5. The molecule has 2 aliphatic carbocycles. The lowest BCUT2D eigenvalue weighted by Gasteiger charge is -2.38. The van der Waals surface area contributed by atoms with Crippen molar-refractivity contribution >= 4 is 22.9 Å². The molecule has 4 aromatic rings. The van der Waals surface area contributed by atoms with Crippen LogP contribution in [0.15, 0.2) is 60.9 Å². The summed E-state index contributed by atoms with van der Waals surface area (Å²) in [5, 5.41) is 3.74. The van der Waals surface area contributed by atoms with Crippen molar-refractivity contribution in [2.24, 2.45) is 11.7 Å². The van der Waals surface area contributed by atoms with E-state index in [2.05, 4.69) is 44.1 Å². The van der Waals surface area contributed by atoms with Crippen LogP contribution in [0.25, 0.3) is 28.1 Å². The van der Waals surface area contributed by atoms with Crippen LogP contribution in [0.3, 0.4) is 0 Å². The molecule has 0 radical (unpaired) electrons. The third-order valence-electron chi connectivity index (χ3n) is 6.60. The maximum Gasteiger partial charge on any atom is 0.231 e. The van der Waals surface area contributed by atoms with E-state index in [-0.39, 0.29) is 17.4 Å². The molecule has 7 nitrogen and oxygen atoms in total. The van der Waals surface area contributed by atoms with Gasteiger partial charge in [0.25, 0.3) is 0 Å². The second-order valence-electron chi connectivity index (χ2n) is 8.87. The summed E-state index contributed by atoms with van der Waals surface area (Å²) in [6.45, 7) is 0. The van der Waals surface area contributed by atoms with Crippen molar-refractivity contribution in [1.82, 2.24) is 19.5 Å².